The first-order chi connectivity index (χ1) is 12.6. The number of nitrogens with zero attached hydrogens (tertiary/aromatic N) is 1. The van der Waals surface area contributed by atoms with Gasteiger partial charge in [0, 0.05) is 17.5 Å². The highest BCUT2D eigenvalue weighted by Gasteiger charge is 2.15. The number of aliphatic hydroxyl groups excluding tert-OH is 2. The number of pyridine rings is 1. The van der Waals surface area contributed by atoms with E-state index in [9.17, 15) is 9.90 Å². The van der Waals surface area contributed by atoms with Gasteiger partial charge in [-0.05, 0) is 36.4 Å². The van der Waals surface area contributed by atoms with E-state index in [0.717, 1.165) is 16.7 Å². The summed E-state index contributed by atoms with van der Waals surface area (Å²) in [6.07, 6.45) is -0.992. The largest absolute Gasteiger partial charge is 0.497 e. The minimum absolute atomic E-state index is 0.0240. The van der Waals surface area contributed by atoms with Gasteiger partial charge in [-0.2, -0.15) is 0 Å². The Hall–Kier alpha value is -2.96. The Morgan fingerprint density at radius 1 is 1.19 bits per heavy atom. The number of fused-ring (bicyclic) bond motifs is 1. The van der Waals surface area contributed by atoms with Gasteiger partial charge >= 0.3 is 0 Å². The third-order valence-corrected chi connectivity index (χ3v) is 4.06. The average Bonchev–Trinajstić information content (AvgIpc) is 2.70. The second-order valence-electron chi connectivity index (χ2n) is 5.85. The highest BCUT2D eigenvalue weighted by Crippen LogP contribution is 2.26. The molecule has 0 unspecified atom stereocenters. The van der Waals surface area contributed by atoms with E-state index in [1.54, 1.807) is 13.2 Å². The number of nitrogens with one attached hydrogen (secondary N) is 1. The number of methoxy groups -OCH3 is 1. The first-order valence-corrected chi connectivity index (χ1v) is 8.23. The van der Waals surface area contributed by atoms with Crippen molar-refractivity contribution >= 4 is 16.8 Å². The van der Waals surface area contributed by atoms with Gasteiger partial charge in [0.1, 0.15) is 5.75 Å². The zero-order valence-electron chi connectivity index (χ0n) is 14.3. The molecule has 1 atom stereocenters. The maximum Gasteiger partial charge on any atom is 0.252 e. The molecule has 0 saturated heterocycles. The zero-order valence-corrected chi connectivity index (χ0v) is 14.3. The molecule has 134 valence electrons. The molecule has 0 aliphatic carbocycles. The fourth-order valence-electron chi connectivity index (χ4n) is 2.64. The predicted octanol–water partition coefficient (Wildman–Crippen LogP) is 1.99. The van der Waals surface area contributed by atoms with Crippen LogP contribution in [0.25, 0.3) is 22.2 Å². The minimum atomic E-state index is -0.992. The number of aliphatic hydroxyl groups is 2. The fourth-order valence-corrected chi connectivity index (χ4v) is 2.64. The summed E-state index contributed by atoms with van der Waals surface area (Å²) in [4.78, 5) is 17.3. The normalized spacial score (nSPS) is 12.0. The summed E-state index contributed by atoms with van der Waals surface area (Å²) < 4.78 is 5.17. The van der Waals surface area contributed by atoms with Gasteiger partial charge in [-0.3, -0.25) is 4.79 Å². The van der Waals surface area contributed by atoms with Crippen LogP contribution in [0.1, 0.15) is 10.4 Å². The number of para-hydroxylation sites is 1. The van der Waals surface area contributed by atoms with Gasteiger partial charge in [-0.1, -0.05) is 18.2 Å². The van der Waals surface area contributed by atoms with Crippen LogP contribution in [0.4, 0.5) is 0 Å². The molecule has 0 bridgehead atoms. The van der Waals surface area contributed by atoms with Gasteiger partial charge < -0.3 is 20.3 Å². The zero-order chi connectivity index (χ0) is 18.5. The monoisotopic (exact) mass is 352 g/mol. The van der Waals surface area contributed by atoms with Crippen molar-refractivity contribution in [2.45, 2.75) is 6.10 Å². The number of carbonyl (C=O) groups excluding carboxylic acids is 1. The van der Waals surface area contributed by atoms with Crippen LogP contribution >= 0.6 is 0 Å². The van der Waals surface area contributed by atoms with E-state index in [4.69, 9.17) is 9.84 Å². The lowest BCUT2D eigenvalue weighted by Gasteiger charge is -2.12. The topological polar surface area (TPSA) is 91.7 Å². The Morgan fingerprint density at radius 2 is 1.92 bits per heavy atom. The van der Waals surface area contributed by atoms with E-state index in [2.05, 4.69) is 10.3 Å². The van der Waals surface area contributed by atoms with Gasteiger partial charge in [0.2, 0.25) is 0 Å². The first kappa shape index (κ1) is 17.8. The molecule has 0 fully saturated rings. The van der Waals surface area contributed by atoms with Crippen molar-refractivity contribution in [1.29, 1.82) is 0 Å². The van der Waals surface area contributed by atoms with Crippen molar-refractivity contribution in [2.24, 2.45) is 0 Å². The molecule has 3 rings (SSSR count). The fraction of sp³-hybridized carbons (Fsp3) is 0.200. The number of hydrogen-bond acceptors (Lipinski definition) is 5. The molecule has 1 aromatic heterocycles. The number of hydrogen-bond donors (Lipinski definition) is 3. The maximum absolute atomic E-state index is 12.6. The third-order valence-electron chi connectivity index (χ3n) is 4.06. The van der Waals surface area contributed by atoms with Crippen LogP contribution in [0.5, 0.6) is 5.75 Å². The lowest BCUT2D eigenvalue weighted by atomic mass is 10.0. The van der Waals surface area contributed by atoms with Crippen LogP contribution in [-0.2, 0) is 0 Å². The van der Waals surface area contributed by atoms with Gasteiger partial charge in [0.25, 0.3) is 5.91 Å². The molecule has 0 spiro atoms. The lowest BCUT2D eigenvalue weighted by molar-refractivity contribution is 0.0803. The molecule has 6 nitrogen and oxygen atoms in total. The molecule has 1 heterocycles. The second kappa shape index (κ2) is 7.95. The molecule has 26 heavy (non-hydrogen) atoms. The van der Waals surface area contributed by atoms with Gasteiger partial charge in [-0.25, -0.2) is 4.98 Å². The molecular formula is C20H20N2O4. The van der Waals surface area contributed by atoms with E-state index in [1.165, 1.54) is 0 Å². The molecule has 0 aliphatic rings. The summed E-state index contributed by atoms with van der Waals surface area (Å²) in [7, 11) is 1.60. The molecule has 0 aliphatic heterocycles. The Kier molecular flexibility index (Phi) is 5.46. The summed E-state index contributed by atoms with van der Waals surface area (Å²) in [5.41, 5.74) is 2.69. The second-order valence-corrected chi connectivity index (χ2v) is 5.85. The summed E-state index contributed by atoms with van der Waals surface area (Å²) >= 11 is 0. The van der Waals surface area contributed by atoms with Crippen molar-refractivity contribution in [3.63, 3.8) is 0 Å². The smallest absolute Gasteiger partial charge is 0.252 e. The first-order valence-electron chi connectivity index (χ1n) is 8.23. The summed E-state index contributed by atoms with van der Waals surface area (Å²) in [5.74, 6) is 0.413. The minimum Gasteiger partial charge on any atom is -0.497 e. The molecule has 0 saturated carbocycles. The predicted molar refractivity (Wildman–Crippen MR) is 99.2 cm³/mol. The summed E-state index contributed by atoms with van der Waals surface area (Å²) in [5, 5.41) is 21.7. The molecule has 6 heteroatoms. The number of carbonyl (C=O) groups is 1. The molecule has 3 aromatic rings. The Bertz CT molecular complexity index is 909. The van der Waals surface area contributed by atoms with Gasteiger partial charge in [0.05, 0.1) is 36.6 Å². The Labute approximate surface area is 151 Å². The summed E-state index contributed by atoms with van der Waals surface area (Å²) in [6.45, 7) is -0.432. The Balaban J connectivity index is 2.01. The number of ether oxygens (including phenoxy) is 1. The van der Waals surface area contributed by atoms with E-state index in [0.29, 0.717) is 16.8 Å². The van der Waals surface area contributed by atoms with Crippen molar-refractivity contribution in [3.05, 3.63) is 60.2 Å². The molecule has 2 aromatic carbocycles. The standard InChI is InChI=1S/C20H20N2O4/c1-26-15-8-6-13(7-9-15)19-10-17(20(25)21-11-14(24)12-23)16-4-2-3-5-18(16)22-19/h2-10,14,23-24H,11-12H2,1H3,(H,21,25)/t14-/m1/s1. The highest BCUT2D eigenvalue weighted by molar-refractivity contribution is 6.07. The van der Waals surface area contributed by atoms with Crippen LogP contribution in [0.2, 0.25) is 0 Å². The third kappa shape index (κ3) is 3.82. The van der Waals surface area contributed by atoms with Crippen LogP contribution in [-0.4, -0.2) is 47.5 Å². The SMILES string of the molecule is COc1ccc(-c2cc(C(=O)NC[C@@H](O)CO)c3ccccc3n2)cc1. The van der Waals surface area contributed by atoms with Gasteiger partial charge in [-0.15, -0.1) is 0 Å². The van der Waals surface area contributed by atoms with Crippen LogP contribution in [0, 0.1) is 0 Å². The van der Waals surface area contributed by atoms with E-state index in [1.807, 2.05) is 48.5 Å². The number of aromatic nitrogens is 1. The van der Waals surface area contributed by atoms with E-state index >= 15 is 0 Å². The molecule has 0 radical (unpaired) electrons. The van der Waals surface area contributed by atoms with Crippen molar-refractivity contribution in [3.8, 4) is 17.0 Å². The Morgan fingerprint density at radius 3 is 2.62 bits per heavy atom. The van der Waals surface area contributed by atoms with Crippen LogP contribution in [0.3, 0.4) is 0 Å². The number of amides is 1. The van der Waals surface area contributed by atoms with E-state index < -0.39 is 12.7 Å². The number of rotatable bonds is 6. The van der Waals surface area contributed by atoms with Crippen molar-refractivity contribution in [2.75, 3.05) is 20.3 Å². The molecule has 1 amide bonds. The molecular weight excluding hydrogens is 332 g/mol. The molecule has 3 N–H and O–H groups in total. The van der Waals surface area contributed by atoms with Crippen molar-refractivity contribution < 1.29 is 19.7 Å². The van der Waals surface area contributed by atoms with Crippen molar-refractivity contribution in [1.82, 2.24) is 10.3 Å². The number of benzene rings is 2. The maximum atomic E-state index is 12.6. The van der Waals surface area contributed by atoms with Crippen LogP contribution in [0.15, 0.2) is 54.6 Å². The lowest BCUT2D eigenvalue weighted by Crippen LogP contribution is -2.34. The van der Waals surface area contributed by atoms with Crippen LogP contribution < -0.4 is 10.1 Å². The average molecular weight is 352 g/mol. The quantitative estimate of drug-likeness (QED) is 0.631. The highest BCUT2D eigenvalue weighted by atomic mass is 16.5. The van der Waals surface area contributed by atoms with Gasteiger partial charge in [0.15, 0.2) is 0 Å². The van der Waals surface area contributed by atoms with E-state index in [-0.39, 0.29) is 12.5 Å². The summed E-state index contributed by atoms with van der Waals surface area (Å²) in [6, 6.07) is 16.6.